The van der Waals surface area contributed by atoms with E-state index in [9.17, 15) is 26.4 Å². The number of para-hydroxylation sites is 1. The fourth-order valence-corrected chi connectivity index (χ4v) is 3.62. The quantitative estimate of drug-likeness (QED) is 0.570. The Morgan fingerprint density at radius 3 is 2.27 bits per heavy atom. The largest absolute Gasteiger partial charge is 0.492 e. The first-order valence-electron chi connectivity index (χ1n) is 9.17. The molecule has 0 atom stereocenters. The number of sulfonamides is 1. The van der Waals surface area contributed by atoms with Crippen LogP contribution in [-0.4, -0.2) is 40.3 Å². The van der Waals surface area contributed by atoms with E-state index in [1.165, 1.54) is 0 Å². The van der Waals surface area contributed by atoms with Gasteiger partial charge in [0.15, 0.2) is 0 Å². The monoisotopic (exact) mass is 444 g/mol. The van der Waals surface area contributed by atoms with Crippen molar-refractivity contribution in [3.63, 3.8) is 0 Å². The van der Waals surface area contributed by atoms with E-state index >= 15 is 0 Å². The van der Waals surface area contributed by atoms with E-state index in [2.05, 4.69) is 5.32 Å². The van der Waals surface area contributed by atoms with Crippen LogP contribution in [0, 0.1) is 0 Å². The minimum absolute atomic E-state index is 0.0296. The molecule has 0 aliphatic carbocycles. The van der Waals surface area contributed by atoms with Crippen molar-refractivity contribution in [2.24, 2.45) is 0 Å². The van der Waals surface area contributed by atoms with Gasteiger partial charge in [0, 0.05) is 13.0 Å². The molecule has 0 aliphatic rings. The number of anilines is 1. The second-order valence-corrected chi connectivity index (χ2v) is 8.40. The van der Waals surface area contributed by atoms with E-state index in [0.717, 1.165) is 34.8 Å². The fourth-order valence-electron chi connectivity index (χ4n) is 2.65. The molecule has 0 aromatic heterocycles. The molecule has 6 nitrogen and oxygen atoms in total. The molecule has 1 N–H and O–H groups in total. The maximum atomic E-state index is 12.7. The van der Waals surface area contributed by atoms with Gasteiger partial charge in [-0.3, -0.25) is 9.10 Å². The Hall–Kier alpha value is -2.75. The number of ether oxygens (including phenoxy) is 1. The van der Waals surface area contributed by atoms with Crippen LogP contribution in [0.5, 0.6) is 5.75 Å². The molecule has 2 rings (SSSR count). The van der Waals surface area contributed by atoms with Crippen LogP contribution in [0.2, 0.25) is 0 Å². The molecule has 0 bridgehead atoms. The highest BCUT2D eigenvalue weighted by Crippen LogP contribution is 2.31. The summed E-state index contributed by atoms with van der Waals surface area (Å²) in [6.45, 7) is 0.553. The molecule has 2 aromatic carbocycles. The molecule has 10 heteroatoms. The van der Waals surface area contributed by atoms with Crippen molar-refractivity contribution >= 4 is 21.6 Å². The lowest BCUT2D eigenvalue weighted by molar-refractivity contribution is -0.137. The molecule has 164 valence electrons. The third kappa shape index (κ3) is 7.58. The van der Waals surface area contributed by atoms with Crippen molar-refractivity contribution < 1.29 is 31.1 Å². The van der Waals surface area contributed by atoms with Gasteiger partial charge in [0.1, 0.15) is 12.4 Å². The van der Waals surface area contributed by atoms with Gasteiger partial charge in [-0.2, -0.15) is 13.2 Å². The minimum Gasteiger partial charge on any atom is -0.492 e. The topological polar surface area (TPSA) is 75.7 Å². The summed E-state index contributed by atoms with van der Waals surface area (Å²) < 4.78 is 68.5. The van der Waals surface area contributed by atoms with E-state index < -0.39 is 21.8 Å². The van der Waals surface area contributed by atoms with E-state index in [4.69, 9.17) is 4.74 Å². The molecular weight excluding hydrogens is 421 g/mol. The van der Waals surface area contributed by atoms with Crippen LogP contribution in [0.1, 0.15) is 18.4 Å². The predicted octanol–water partition coefficient (Wildman–Crippen LogP) is 3.45. The van der Waals surface area contributed by atoms with Gasteiger partial charge in [0.2, 0.25) is 15.9 Å². The lowest BCUT2D eigenvalue weighted by Crippen LogP contribution is -2.33. The van der Waals surface area contributed by atoms with Gasteiger partial charge in [-0.05, 0) is 42.8 Å². The average molecular weight is 444 g/mol. The number of rotatable bonds is 10. The molecule has 0 unspecified atom stereocenters. The summed E-state index contributed by atoms with van der Waals surface area (Å²) in [5.41, 5.74) is -0.751. The number of halogens is 3. The lowest BCUT2D eigenvalue weighted by Gasteiger charge is -2.22. The van der Waals surface area contributed by atoms with Crippen molar-refractivity contribution in [1.82, 2.24) is 5.32 Å². The Kier molecular flexibility index (Phi) is 8.10. The number of hydrogen-bond donors (Lipinski definition) is 1. The molecular formula is C20H23F3N2O4S. The van der Waals surface area contributed by atoms with Gasteiger partial charge >= 0.3 is 6.18 Å². The van der Waals surface area contributed by atoms with E-state index in [1.807, 2.05) is 18.2 Å². The molecule has 1 amide bonds. The summed E-state index contributed by atoms with van der Waals surface area (Å²) in [5.74, 6) is 0.416. The van der Waals surface area contributed by atoms with Crippen LogP contribution in [0.4, 0.5) is 18.9 Å². The number of amides is 1. The molecule has 0 spiro atoms. The van der Waals surface area contributed by atoms with Gasteiger partial charge < -0.3 is 10.1 Å². The number of carbonyl (C=O) groups excluding carboxylic acids is 1. The Balaban J connectivity index is 1.81. The van der Waals surface area contributed by atoms with E-state index in [1.54, 1.807) is 12.1 Å². The SMILES string of the molecule is CS(=O)(=O)N(CCCC(=O)NCCOc1ccccc1)c1ccc(C(F)(F)F)cc1. The average Bonchev–Trinajstić information content (AvgIpc) is 2.68. The number of benzene rings is 2. The van der Waals surface area contributed by atoms with Crippen molar-refractivity contribution in [3.05, 3.63) is 60.2 Å². The van der Waals surface area contributed by atoms with Crippen molar-refractivity contribution in [2.75, 3.05) is 30.3 Å². The predicted molar refractivity (Wildman–Crippen MR) is 108 cm³/mol. The Morgan fingerprint density at radius 2 is 1.70 bits per heavy atom. The zero-order valence-electron chi connectivity index (χ0n) is 16.4. The van der Waals surface area contributed by atoms with Gasteiger partial charge in [-0.1, -0.05) is 18.2 Å². The first kappa shape index (κ1) is 23.5. The molecule has 0 saturated carbocycles. The number of alkyl halides is 3. The maximum Gasteiger partial charge on any atom is 0.416 e. The van der Waals surface area contributed by atoms with Crippen molar-refractivity contribution in [1.29, 1.82) is 0 Å². The Morgan fingerprint density at radius 1 is 1.07 bits per heavy atom. The van der Waals surface area contributed by atoms with Crippen LogP contribution in [-0.2, 0) is 21.0 Å². The first-order valence-corrected chi connectivity index (χ1v) is 11.0. The summed E-state index contributed by atoms with van der Waals surface area (Å²) >= 11 is 0. The van der Waals surface area contributed by atoms with Crippen LogP contribution < -0.4 is 14.4 Å². The summed E-state index contributed by atoms with van der Waals surface area (Å²) in [4.78, 5) is 11.9. The zero-order chi connectivity index (χ0) is 22.2. The second kappa shape index (κ2) is 10.3. The summed E-state index contributed by atoms with van der Waals surface area (Å²) in [5, 5.41) is 2.67. The van der Waals surface area contributed by atoms with Gasteiger partial charge in [0.25, 0.3) is 0 Å². The van der Waals surface area contributed by atoms with Gasteiger partial charge in [-0.15, -0.1) is 0 Å². The van der Waals surface area contributed by atoms with Crippen LogP contribution >= 0.6 is 0 Å². The smallest absolute Gasteiger partial charge is 0.416 e. The van der Waals surface area contributed by atoms with Crippen molar-refractivity contribution in [2.45, 2.75) is 19.0 Å². The van der Waals surface area contributed by atoms with Crippen LogP contribution in [0.25, 0.3) is 0 Å². The molecule has 0 radical (unpaired) electrons. The zero-order valence-corrected chi connectivity index (χ0v) is 17.2. The standard InChI is InChI=1S/C20H23F3N2O4S/c1-30(27,28)25(17-11-9-16(10-12-17)20(21,22)23)14-5-8-19(26)24-13-15-29-18-6-3-2-4-7-18/h2-4,6-7,9-12H,5,8,13-15H2,1H3,(H,24,26). The Labute approximate surface area is 173 Å². The number of carbonyl (C=O) groups is 1. The van der Waals surface area contributed by atoms with E-state index in [0.29, 0.717) is 12.3 Å². The molecule has 0 saturated heterocycles. The van der Waals surface area contributed by atoms with Crippen LogP contribution in [0.15, 0.2) is 54.6 Å². The maximum absolute atomic E-state index is 12.7. The Bertz CT molecular complexity index is 917. The molecule has 2 aromatic rings. The summed E-state index contributed by atoms with van der Waals surface area (Å²) in [7, 11) is -3.72. The normalized spacial score (nSPS) is 11.7. The molecule has 0 aliphatic heterocycles. The highest BCUT2D eigenvalue weighted by Gasteiger charge is 2.30. The molecule has 0 fully saturated rings. The minimum atomic E-state index is -4.50. The highest BCUT2D eigenvalue weighted by molar-refractivity contribution is 7.92. The lowest BCUT2D eigenvalue weighted by atomic mass is 10.2. The fraction of sp³-hybridized carbons (Fsp3) is 0.350. The summed E-state index contributed by atoms with van der Waals surface area (Å²) in [6, 6.07) is 13.0. The second-order valence-electron chi connectivity index (χ2n) is 6.49. The molecule has 30 heavy (non-hydrogen) atoms. The highest BCUT2D eigenvalue weighted by atomic mass is 32.2. The van der Waals surface area contributed by atoms with E-state index in [-0.39, 0.29) is 37.6 Å². The third-order valence-corrected chi connectivity index (χ3v) is 5.28. The number of nitrogens with zero attached hydrogens (tertiary/aromatic N) is 1. The van der Waals surface area contributed by atoms with Gasteiger partial charge in [0.05, 0.1) is 24.1 Å². The van der Waals surface area contributed by atoms with Crippen molar-refractivity contribution in [3.8, 4) is 5.75 Å². The van der Waals surface area contributed by atoms with Crippen LogP contribution in [0.3, 0.4) is 0 Å². The number of hydrogen-bond acceptors (Lipinski definition) is 4. The third-order valence-electron chi connectivity index (χ3n) is 4.08. The van der Waals surface area contributed by atoms with Gasteiger partial charge in [-0.25, -0.2) is 8.42 Å². The first-order chi connectivity index (χ1) is 14.1. The summed E-state index contributed by atoms with van der Waals surface area (Å²) in [6.07, 6.45) is -3.26. The molecule has 0 heterocycles. The number of nitrogens with one attached hydrogen (secondary N) is 1.